The summed E-state index contributed by atoms with van der Waals surface area (Å²) in [6.45, 7) is 0. The van der Waals surface area contributed by atoms with Gasteiger partial charge in [0.1, 0.15) is 0 Å². The maximum absolute atomic E-state index is 3.55. The zero-order valence-electron chi connectivity index (χ0n) is 8.10. The van der Waals surface area contributed by atoms with E-state index in [0.717, 1.165) is 18.0 Å². The van der Waals surface area contributed by atoms with Gasteiger partial charge in [0.05, 0.1) is 0 Å². The summed E-state index contributed by atoms with van der Waals surface area (Å²) in [5.41, 5.74) is 0. The minimum Gasteiger partial charge on any atom is -0.317 e. The monoisotopic (exact) mass is 188 g/mol. The van der Waals surface area contributed by atoms with Gasteiger partial charge in [-0.15, -0.1) is 11.8 Å². The number of hydrogen-bond donors (Lipinski definition) is 2. The molecule has 0 aromatic rings. The Morgan fingerprint density at radius 1 is 1.17 bits per heavy atom. The Balaban J connectivity index is 2.09. The molecule has 2 N–H and O–H groups in total. The number of nitrogens with one attached hydrogen (secondary N) is 2. The van der Waals surface area contributed by atoms with Crippen LogP contribution in [0.4, 0.5) is 0 Å². The van der Waals surface area contributed by atoms with Crippen LogP contribution in [0.1, 0.15) is 25.7 Å². The standard InChI is InChI=1S/C9H20N2S/c1-10-8-3-5-9(6-4-8)11-7-12-2/h8-11H,3-7H2,1-2H3/t8-,9-. The Labute approximate surface area is 79.9 Å². The van der Waals surface area contributed by atoms with Gasteiger partial charge in [0, 0.05) is 18.0 Å². The first kappa shape index (κ1) is 10.4. The van der Waals surface area contributed by atoms with E-state index in [1.165, 1.54) is 25.7 Å². The lowest BCUT2D eigenvalue weighted by molar-refractivity contribution is 0.328. The Bertz CT molecular complexity index is 111. The summed E-state index contributed by atoms with van der Waals surface area (Å²) in [4.78, 5) is 0. The normalized spacial score (nSPS) is 30.5. The van der Waals surface area contributed by atoms with Crippen molar-refractivity contribution >= 4 is 11.8 Å². The van der Waals surface area contributed by atoms with E-state index in [-0.39, 0.29) is 0 Å². The van der Waals surface area contributed by atoms with Crippen LogP contribution in [-0.2, 0) is 0 Å². The maximum Gasteiger partial charge on any atom is 0.0417 e. The van der Waals surface area contributed by atoms with Gasteiger partial charge in [0.2, 0.25) is 0 Å². The topological polar surface area (TPSA) is 24.1 Å². The molecule has 12 heavy (non-hydrogen) atoms. The fourth-order valence-corrected chi connectivity index (χ4v) is 2.19. The van der Waals surface area contributed by atoms with Gasteiger partial charge in [0.25, 0.3) is 0 Å². The van der Waals surface area contributed by atoms with Crippen LogP contribution in [0.15, 0.2) is 0 Å². The third-order valence-corrected chi connectivity index (χ3v) is 3.11. The van der Waals surface area contributed by atoms with Crippen molar-refractivity contribution in [3.63, 3.8) is 0 Å². The van der Waals surface area contributed by atoms with E-state index in [0.29, 0.717) is 0 Å². The first-order valence-corrected chi connectivity index (χ1v) is 6.15. The average molecular weight is 188 g/mol. The molecule has 0 heterocycles. The van der Waals surface area contributed by atoms with Crippen LogP contribution in [0, 0.1) is 0 Å². The van der Waals surface area contributed by atoms with Gasteiger partial charge in [-0.05, 0) is 39.0 Å². The largest absolute Gasteiger partial charge is 0.317 e. The van der Waals surface area contributed by atoms with E-state index in [1.54, 1.807) is 0 Å². The molecule has 0 unspecified atom stereocenters. The van der Waals surface area contributed by atoms with E-state index in [2.05, 4.69) is 23.9 Å². The van der Waals surface area contributed by atoms with Gasteiger partial charge >= 0.3 is 0 Å². The molecule has 1 aliphatic rings. The highest BCUT2D eigenvalue weighted by molar-refractivity contribution is 7.98. The molecule has 0 amide bonds. The lowest BCUT2D eigenvalue weighted by Gasteiger charge is -2.28. The van der Waals surface area contributed by atoms with Gasteiger partial charge in [-0.2, -0.15) is 0 Å². The van der Waals surface area contributed by atoms with Gasteiger partial charge in [-0.3, -0.25) is 0 Å². The van der Waals surface area contributed by atoms with Gasteiger partial charge in [0.15, 0.2) is 0 Å². The lowest BCUT2D eigenvalue weighted by Crippen LogP contribution is -2.38. The molecule has 0 aromatic heterocycles. The summed E-state index contributed by atoms with van der Waals surface area (Å²) in [5, 5.41) is 6.90. The summed E-state index contributed by atoms with van der Waals surface area (Å²) in [6.07, 6.45) is 7.50. The van der Waals surface area contributed by atoms with E-state index in [9.17, 15) is 0 Å². The summed E-state index contributed by atoms with van der Waals surface area (Å²) in [7, 11) is 2.07. The molecule has 0 bridgehead atoms. The second-order valence-corrected chi connectivity index (χ2v) is 4.34. The molecule has 2 nitrogen and oxygen atoms in total. The summed E-state index contributed by atoms with van der Waals surface area (Å²) in [5.74, 6) is 1.11. The summed E-state index contributed by atoms with van der Waals surface area (Å²) in [6, 6.07) is 1.55. The molecular weight excluding hydrogens is 168 g/mol. The smallest absolute Gasteiger partial charge is 0.0417 e. The van der Waals surface area contributed by atoms with Crippen molar-refractivity contribution < 1.29 is 0 Å². The zero-order valence-corrected chi connectivity index (χ0v) is 8.91. The van der Waals surface area contributed by atoms with E-state index >= 15 is 0 Å². The number of thioether (sulfide) groups is 1. The minimum atomic E-state index is 0.775. The molecule has 1 rings (SSSR count). The average Bonchev–Trinajstić information content (AvgIpc) is 2.15. The third kappa shape index (κ3) is 3.33. The molecule has 0 spiro atoms. The highest BCUT2D eigenvalue weighted by Crippen LogP contribution is 2.18. The summed E-state index contributed by atoms with van der Waals surface area (Å²) < 4.78 is 0. The molecule has 0 radical (unpaired) electrons. The molecule has 1 aliphatic carbocycles. The fourth-order valence-electron chi connectivity index (χ4n) is 1.79. The Kier molecular flexibility index (Phi) is 5.04. The molecule has 0 aromatic carbocycles. The van der Waals surface area contributed by atoms with Crippen LogP contribution >= 0.6 is 11.8 Å². The van der Waals surface area contributed by atoms with Crippen molar-refractivity contribution in [1.82, 2.24) is 10.6 Å². The van der Waals surface area contributed by atoms with Crippen LogP contribution in [0.3, 0.4) is 0 Å². The van der Waals surface area contributed by atoms with E-state index in [4.69, 9.17) is 0 Å². The van der Waals surface area contributed by atoms with Crippen LogP contribution in [0.25, 0.3) is 0 Å². The van der Waals surface area contributed by atoms with Gasteiger partial charge in [-0.25, -0.2) is 0 Å². The first-order chi connectivity index (χ1) is 5.86. The van der Waals surface area contributed by atoms with Crippen molar-refractivity contribution in [3.05, 3.63) is 0 Å². The Hall–Kier alpha value is 0.270. The van der Waals surface area contributed by atoms with Crippen molar-refractivity contribution in [1.29, 1.82) is 0 Å². The Morgan fingerprint density at radius 3 is 2.25 bits per heavy atom. The third-order valence-electron chi connectivity index (χ3n) is 2.65. The maximum atomic E-state index is 3.55. The highest BCUT2D eigenvalue weighted by Gasteiger charge is 2.18. The molecule has 0 aliphatic heterocycles. The predicted molar refractivity (Wildman–Crippen MR) is 56.6 cm³/mol. The van der Waals surface area contributed by atoms with Crippen molar-refractivity contribution in [2.75, 3.05) is 19.2 Å². The SMILES string of the molecule is CN[C@H]1CC[C@H](NCSC)CC1. The second-order valence-electron chi connectivity index (χ2n) is 3.47. The van der Waals surface area contributed by atoms with Gasteiger partial charge in [-0.1, -0.05) is 0 Å². The lowest BCUT2D eigenvalue weighted by atomic mass is 9.91. The second kappa shape index (κ2) is 5.84. The van der Waals surface area contributed by atoms with E-state index < -0.39 is 0 Å². The number of hydrogen-bond acceptors (Lipinski definition) is 3. The fraction of sp³-hybridized carbons (Fsp3) is 1.00. The van der Waals surface area contributed by atoms with Crippen LogP contribution in [0.5, 0.6) is 0 Å². The molecule has 0 atom stereocenters. The number of rotatable bonds is 4. The summed E-state index contributed by atoms with van der Waals surface area (Å²) >= 11 is 1.88. The molecule has 0 saturated heterocycles. The Morgan fingerprint density at radius 2 is 1.75 bits per heavy atom. The molecule has 1 fully saturated rings. The van der Waals surface area contributed by atoms with Crippen LogP contribution < -0.4 is 10.6 Å². The van der Waals surface area contributed by atoms with E-state index in [1.807, 2.05) is 11.8 Å². The zero-order chi connectivity index (χ0) is 8.81. The highest BCUT2D eigenvalue weighted by atomic mass is 32.2. The van der Waals surface area contributed by atoms with Crippen molar-refractivity contribution in [2.45, 2.75) is 37.8 Å². The molecular formula is C9H20N2S. The molecule has 72 valence electrons. The van der Waals surface area contributed by atoms with Crippen LogP contribution in [-0.4, -0.2) is 31.3 Å². The quantitative estimate of drug-likeness (QED) is 0.653. The van der Waals surface area contributed by atoms with Crippen molar-refractivity contribution in [2.24, 2.45) is 0 Å². The predicted octanol–water partition coefficient (Wildman–Crippen LogP) is 1.43. The minimum absolute atomic E-state index is 0.775. The van der Waals surface area contributed by atoms with Gasteiger partial charge < -0.3 is 10.6 Å². The van der Waals surface area contributed by atoms with Crippen LogP contribution in [0.2, 0.25) is 0 Å². The molecule has 3 heteroatoms. The first-order valence-electron chi connectivity index (χ1n) is 4.76. The van der Waals surface area contributed by atoms with Crippen molar-refractivity contribution in [3.8, 4) is 0 Å². The molecule has 1 saturated carbocycles.